The molecule has 2 heterocycles. The quantitative estimate of drug-likeness (QED) is 0.421. The molecule has 1 aliphatic carbocycles. The summed E-state index contributed by atoms with van der Waals surface area (Å²) in [5, 5.41) is 13.9. The number of ether oxygens (including phenoxy) is 1. The van der Waals surface area contributed by atoms with Crippen molar-refractivity contribution in [3.63, 3.8) is 0 Å². The van der Waals surface area contributed by atoms with E-state index in [-0.39, 0.29) is 47.1 Å². The third kappa shape index (κ3) is 4.69. The number of terminal acetylenes is 1. The van der Waals surface area contributed by atoms with Gasteiger partial charge in [-0.1, -0.05) is 17.7 Å². The van der Waals surface area contributed by atoms with Crippen molar-refractivity contribution < 1.29 is 28.2 Å². The van der Waals surface area contributed by atoms with Gasteiger partial charge in [0.05, 0.1) is 17.9 Å². The van der Waals surface area contributed by atoms with E-state index in [0.717, 1.165) is 12.3 Å². The number of rotatable bonds is 7. The number of thioether (sulfide) groups is 1. The molecule has 0 spiro atoms. The van der Waals surface area contributed by atoms with Gasteiger partial charge in [0.25, 0.3) is 5.91 Å². The van der Waals surface area contributed by atoms with Crippen LogP contribution in [-0.2, 0) is 5.54 Å². The number of nitrogens with one attached hydrogen (secondary N) is 2. The number of benzene rings is 1. The number of nitrogens with two attached hydrogens (primary N) is 1. The zero-order valence-electron chi connectivity index (χ0n) is 18.3. The first-order chi connectivity index (χ1) is 16.6. The highest BCUT2D eigenvalue weighted by molar-refractivity contribution is 8.15. The second-order valence-electron chi connectivity index (χ2n) is 8.19. The SMILES string of the molecule is C#CCOc1cnc(C(=O)Nc2cc(F)c(F)c([C@@]3(C)N=C(N)S[C@@]4(CNC(=O)O)C[C@H]43)c2)cn1. The molecule has 13 heteroatoms. The number of nitrogens with zero attached hydrogens (tertiary/aromatic N) is 3. The molecule has 0 bridgehead atoms. The molecule has 1 aliphatic heterocycles. The van der Waals surface area contributed by atoms with Crippen molar-refractivity contribution in [3.8, 4) is 18.2 Å². The van der Waals surface area contributed by atoms with Crippen molar-refractivity contribution in [2.24, 2.45) is 16.6 Å². The van der Waals surface area contributed by atoms with Gasteiger partial charge in [0.15, 0.2) is 23.4 Å². The summed E-state index contributed by atoms with van der Waals surface area (Å²) in [6, 6.07) is 2.13. The average molecular weight is 503 g/mol. The lowest BCUT2D eigenvalue weighted by molar-refractivity contribution is 0.102. The van der Waals surface area contributed by atoms with Gasteiger partial charge in [-0.15, -0.1) is 6.42 Å². The third-order valence-electron chi connectivity index (χ3n) is 5.89. The number of amidine groups is 1. The van der Waals surface area contributed by atoms with Crippen molar-refractivity contribution in [1.29, 1.82) is 0 Å². The average Bonchev–Trinajstić information content (AvgIpc) is 3.54. The Balaban J connectivity index is 1.60. The molecule has 1 aromatic heterocycles. The summed E-state index contributed by atoms with van der Waals surface area (Å²) in [7, 11) is 0. The molecule has 2 amide bonds. The Morgan fingerprint density at radius 1 is 1.37 bits per heavy atom. The van der Waals surface area contributed by atoms with Gasteiger partial charge in [0.2, 0.25) is 5.88 Å². The number of aliphatic imine (C=N–C) groups is 1. The first kappa shape index (κ1) is 24.2. The molecule has 3 atom stereocenters. The number of amides is 2. The van der Waals surface area contributed by atoms with Crippen LogP contribution in [0.5, 0.6) is 5.88 Å². The largest absolute Gasteiger partial charge is 0.465 e. The summed E-state index contributed by atoms with van der Waals surface area (Å²) in [4.78, 5) is 35.9. The van der Waals surface area contributed by atoms with Crippen LogP contribution in [0.15, 0.2) is 29.5 Å². The van der Waals surface area contributed by atoms with Gasteiger partial charge in [0, 0.05) is 34.5 Å². The van der Waals surface area contributed by atoms with Crippen LogP contribution in [0, 0.1) is 29.9 Å². The van der Waals surface area contributed by atoms with E-state index in [0.29, 0.717) is 6.42 Å². The van der Waals surface area contributed by atoms with E-state index >= 15 is 4.39 Å². The standard InChI is InChI=1S/C22H20F2N6O4S/c1-3-4-34-16-9-26-14(8-27-16)18(31)29-11-5-12(17(24)13(23)6-11)21(2)15-7-22(15,10-28-20(32)33)35-19(25)30-21/h1,5-6,8-9,15,28H,4,7,10H2,2H3,(H2,25,30)(H,29,31)(H,32,33)/t15-,21+,22+/m0/s1. The number of carbonyl (C=O) groups excluding carboxylic acids is 1. The first-order valence-corrected chi connectivity index (χ1v) is 11.1. The molecule has 2 aliphatic rings. The molecular weight excluding hydrogens is 482 g/mol. The van der Waals surface area contributed by atoms with Crippen LogP contribution in [0.3, 0.4) is 0 Å². The Hall–Kier alpha value is -3.92. The van der Waals surface area contributed by atoms with Crippen LogP contribution in [0.1, 0.15) is 29.4 Å². The Morgan fingerprint density at radius 3 is 2.80 bits per heavy atom. The van der Waals surface area contributed by atoms with E-state index in [1.54, 1.807) is 6.92 Å². The summed E-state index contributed by atoms with van der Waals surface area (Å²) in [5.41, 5.74) is 4.49. The van der Waals surface area contributed by atoms with E-state index in [1.807, 2.05) is 0 Å². The van der Waals surface area contributed by atoms with Crippen LogP contribution in [0.25, 0.3) is 0 Å². The molecule has 0 radical (unpaired) electrons. The fraction of sp³-hybridized carbons (Fsp3) is 0.318. The molecule has 4 rings (SSSR count). The topological polar surface area (TPSA) is 152 Å². The van der Waals surface area contributed by atoms with Gasteiger partial charge in [-0.3, -0.25) is 9.79 Å². The summed E-state index contributed by atoms with van der Waals surface area (Å²) in [6.45, 7) is 1.66. The summed E-state index contributed by atoms with van der Waals surface area (Å²) >= 11 is 1.21. The van der Waals surface area contributed by atoms with E-state index < -0.39 is 33.9 Å². The van der Waals surface area contributed by atoms with Crippen LogP contribution in [0.2, 0.25) is 0 Å². The van der Waals surface area contributed by atoms with Gasteiger partial charge >= 0.3 is 6.09 Å². The summed E-state index contributed by atoms with van der Waals surface area (Å²) in [6.07, 6.45) is 6.75. The molecule has 1 fully saturated rings. The lowest BCUT2D eigenvalue weighted by Crippen LogP contribution is -2.41. The molecule has 182 valence electrons. The maximum Gasteiger partial charge on any atom is 0.404 e. The minimum Gasteiger partial charge on any atom is -0.465 e. The molecule has 0 saturated heterocycles. The van der Waals surface area contributed by atoms with Crippen molar-refractivity contribution in [2.75, 3.05) is 18.5 Å². The zero-order valence-corrected chi connectivity index (χ0v) is 19.2. The highest BCUT2D eigenvalue weighted by atomic mass is 32.2. The number of aromatic nitrogens is 2. The Labute approximate surface area is 202 Å². The minimum absolute atomic E-state index is 0.0171. The zero-order chi connectivity index (χ0) is 25.4. The van der Waals surface area contributed by atoms with Gasteiger partial charge in [-0.25, -0.2) is 23.5 Å². The first-order valence-electron chi connectivity index (χ1n) is 10.3. The number of anilines is 1. The smallest absolute Gasteiger partial charge is 0.404 e. The molecule has 5 N–H and O–H groups in total. The molecule has 0 unspecified atom stereocenters. The number of halogens is 2. The number of hydrogen-bond acceptors (Lipinski definition) is 8. The maximum atomic E-state index is 15.0. The maximum absolute atomic E-state index is 15.0. The predicted octanol–water partition coefficient (Wildman–Crippen LogP) is 2.32. The van der Waals surface area contributed by atoms with Crippen LogP contribution in [0.4, 0.5) is 19.3 Å². The Kier molecular flexibility index (Phi) is 6.25. The number of fused-ring (bicyclic) bond motifs is 1. The fourth-order valence-corrected chi connectivity index (χ4v) is 5.62. The third-order valence-corrected chi connectivity index (χ3v) is 7.19. The number of carboxylic acid groups (broad SMARTS) is 1. The van der Waals surface area contributed by atoms with Crippen molar-refractivity contribution >= 4 is 34.6 Å². The van der Waals surface area contributed by atoms with Gasteiger partial charge in [-0.2, -0.15) is 0 Å². The van der Waals surface area contributed by atoms with Crippen LogP contribution in [-0.4, -0.2) is 50.1 Å². The van der Waals surface area contributed by atoms with Crippen molar-refractivity contribution in [1.82, 2.24) is 15.3 Å². The van der Waals surface area contributed by atoms with Crippen molar-refractivity contribution in [3.05, 3.63) is 47.4 Å². The lowest BCUT2D eigenvalue weighted by Gasteiger charge is -2.34. The van der Waals surface area contributed by atoms with Gasteiger partial charge in [-0.05, 0) is 19.4 Å². The highest BCUT2D eigenvalue weighted by Crippen LogP contribution is 2.65. The second kappa shape index (κ2) is 9.03. The number of carbonyl (C=O) groups is 2. The minimum atomic E-state index is -1.28. The monoisotopic (exact) mass is 502 g/mol. The van der Waals surface area contributed by atoms with Crippen molar-refractivity contribution in [2.45, 2.75) is 23.6 Å². The van der Waals surface area contributed by atoms with Crippen LogP contribution < -0.4 is 21.1 Å². The van der Waals surface area contributed by atoms with Gasteiger partial charge in [0.1, 0.15) is 5.69 Å². The molecule has 1 aromatic carbocycles. The molecule has 1 saturated carbocycles. The molecule has 10 nitrogen and oxygen atoms in total. The number of hydrogen-bond donors (Lipinski definition) is 4. The van der Waals surface area contributed by atoms with E-state index in [4.69, 9.17) is 22.0 Å². The van der Waals surface area contributed by atoms with E-state index in [9.17, 15) is 14.0 Å². The van der Waals surface area contributed by atoms with E-state index in [1.165, 1.54) is 24.0 Å². The summed E-state index contributed by atoms with van der Waals surface area (Å²) in [5.74, 6) is -0.954. The Bertz CT molecular complexity index is 1270. The Morgan fingerprint density at radius 2 is 2.14 bits per heavy atom. The van der Waals surface area contributed by atoms with Crippen LogP contribution >= 0.6 is 11.8 Å². The van der Waals surface area contributed by atoms with E-state index in [2.05, 4.69) is 31.5 Å². The highest BCUT2D eigenvalue weighted by Gasteiger charge is 2.66. The molecular formula is C22H20F2N6O4S. The molecule has 35 heavy (non-hydrogen) atoms. The second-order valence-corrected chi connectivity index (χ2v) is 9.62. The summed E-state index contributed by atoms with van der Waals surface area (Å²) < 4.78 is 34.1. The predicted molar refractivity (Wildman–Crippen MR) is 124 cm³/mol. The fourth-order valence-electron chi connectivity index (χ4n) is 4.20. The lowest BCUT2D eigenvalue weighted by atomic mass is 9.85. The molecule has 2 aromatic rings. The normalized spacial score (nSPS) is 24.4. The van der Waals surface area contributed by atoms with Gasteiger partial charge < -0.3 is 26.2 Å².